The number of nitrogens with zero attached hydrogens (tertiary/aromatic N) is 1. The van der Waals surface area contributed by atoms with Gasteiger partial charge in [0.25, 0.3) is 5.91 Å². The van der Waals surface area contributed by atoms with Gasteiger partial charge in [0, 0.05) is 0 Å². The van der Waals surface area contributed by atoms with Gasteiger partial charge in [-0.3, -0.25) is 9.69 Å². The first kappa shape index (κ1) is 17.3. The van der Waals surface area contributed by atoms with E-state index in [0.717, 1.165) is 4.90 Å². The summed E-state index contributed by atoms with van der Waals surface area (Å²) < 4.78 is 17.6. The molecular formula is C19H15FN2O4. The number of rotatable bonds is 4. The van der Waals surface area contributed by atoms with Crippen LogP contribution < -0.4 is 5.32 Å². The minimum Gasteiger partial charge on any atom is -0.465 e. The molecule has 0 saturated carbocycles. The van der Waals surface area contributed by atoms with Crippen molar-refractivity contribution in [2.75, 3.05) is 7.11 Å². The van der Waals surface area contributed by atoms with Crippen molar-refractivity contribution >= 4 is 24.0 Å². The van der Waals surface area contributed by atoms with Gasteiger partial charge in [-0.2, -0.15) is 0 Å². The zero-order valence-corrected chi connectivity index (χ0v) is 13.9. The molecule has 1 aliphatic rings. The Labute approximate surface area is 148 Å². The molecule has 1 saturated heterocycles. The van der Waals surface area contributed by atoms with Crippen LogP contribution in [-0.2, 0) is 16.1 Å². The van der Waals surface area contributed by atoms with E-state index in [-0.39, 0.29) is 18.1 Å². The normalized spacial score (nSPS) is 15.3. The number of esters is 1. The predicted octanol–water partition coefficient (Wildman–Crippen LogP) is 2.71. The molecule has 6 nitrogen and oxygen atoms in total. The van der Waals surface area contributed by atoms with Crippen molar-refractivity contribution in [1.82, 2.24) is 10.2 Å². The van der Waals surface area contributed by atoms with Crippen LogP contribution in [0.1, 0.15) is 21.5 Å². The minimum absolute atomic E-state index is 0.0452. The number of halogens is 1. The fourth-order valence-corrected chi connectivity index (χ4v) is 2.49. The lowest BCUT2D eigenvalue weighted by Gasteiger charge is -2.11. The molecule has 0 aromatic heterocycles. The molecule has 3 amide bonds. The highest BCUT2D eigenvalue weighted by atomic mass is 19.1. The number of hydrogen-bond donors (Lipinski definition) is 1. The van der Waals surface area contributed by atoms with Gasteiger partial charge in [-0.25, -0.2) is 14.0 Å². The number of carbonyl (C=O) groups excluding carboxylic acids is 3. The van der Waals surface area contributed by atoms with Crippen molar-refractivity contribution in [1.29, 1.82) is 0 Å². The second-order valence-electron chi connectivity index (χ2n) is 5.62. The molecule has 0 bridgehead atoms. The molecule has 0 radical (unpaired) electrons. The third-order valence-corrected chi connectivity index (χ3v) is 3.86. The summed E-state index contributed by atoms with van der Waals surface area (Å²) in [5, 5.41) is 2.52. The first-order chi connectivity index (χ1) is 12.5. The third kappa shape index (κ3) is 3.61. The number of nitrogens with one attached hydrogen (secondary N) is 1. The van der Waals surface area contributed by atoms with Gasteiger partial charge in [-0.1, -0.05) is 24.3 Å². The second kappa shape index (κ2) is 7.18. The molecule has 1 fully saturated rings. The first-order valence-electron chi connectivity index (χ1n) is 7.75. The molecule has 0 unspecified atom stereocenters. The Bertz CT molecular complexity index is 889. The Kier molecular flexibility index (Phi) is 4.79. The molecule has 1 N–H and O–H groups in total. The van der Waals surface area contributed by atoms with Crippen molar-refractivity contribution in [3.05, 3.63) is 76.7 Å². The SMILES string of the molecule is COC(=O)c1ccc(/C=C2\NC(=O)N(Cc3ccc(F)cc3)C2=O)cc1. The summed E-state index contributed by atoms with van der Waals surface area (Å²) in [7, 11) is 1.29. The zero-order valence-electron chi connectivity index (χ0n) is 13.9. The van der Waals surface area contributed by atoms with E-state index in [4.69, 9.17) is 0 Å². The first-order valence-corrected chi connectivity index (χ1v) is 7.75. The number of methoxy groups -OCH3 is 1. The fourth-order valence-electron chi connectivity index (χ4n) is 2.49. The molecule has 2 aromatic carbocycles. The monoisotopic (exact) mass is 354 g/mol. The van der Waals surface area contributed by atoms with E-state index in [1.165, 1.54) is 37.5 Å². The van der Waals surface area contributed by atoms with Crippen LogP contribution in [0.25, 0.3) is 6.08 Å². The Hall–Kier alpha value is -3.48. The van der Waals surface area contributed by atoms with E-state index >= 15 is 0 Å². The van der Waals surface area contributed by atoms with Crippen molar-refractivity contribution < 1.29 is 23.5 Å². The lowest BCUT2D eigenvalue weighted by Crippen LogP contribution is -2.30. The van der Waals surface area contributed by atoms with Gasteiger partial charge < -0.3 is 10.1 Å². The average Bonchev–Trinajstić information content (AvgIpc) is 2.91. The molecular weight excluding hydrogens is 339 g/mol. The van der Waals surface area contributed by atoms with Crippen LogP contribution in [0.4, 0.5) is 9.18 Å². The van der Waals surface area contributed by atoms with E-state index < -0.39 is 17.9 Å². The highest BCUT2D eigenvalue weighted by molar-refractivity contribution is 6.13. The Balaban J connectivity index is 1.76. The lowest BCUT2D eigenvalue weighted by atomic mass is 10.1. The summed E-state index contributed by atoms with van der Waals surface area (Å²) in [6.07, 6.45) is 1.52. The molecule has 132 valence electrons. The molecule has 0 atom stereocenters. The topological polar surface area (TPSA) is 75.7 Å². The Morgan fingerprint density at radius 2 is 1.77 bits per heavy atom. The van der Waals surface area contributed by atoms with Crippen LogP contribution in [0, 0.1) is 5.82 Å². The van der Waals surface area contributed by atoms with E-state index in [1.54, 1.807) is 24.3 Å². The third-order valence-electron chi connectivity index (χ3n) is 3.86. The maximum Gasteiger partial charge on any atom is 0.337 e. The predicted molar refractivity (Wildman–Crippen MR) is 91.2 cm³/mol. The number of hydrogen-bond acceptors (Lipinski definition) is 4. The van der Waals surface area contributed by atoms with Crippen LogP contribution in [0.2, 0.25) is 0 Å². The van der Waals surface area contributed by atoms with Gasteiger partial charge in [-0.05, 0) is 41.5 Å². The van der Waals surface area contributed by atoms with Crippen LogP contribution >= 0.6 is 0 Å². The maximum atomic E-state index is 13.0. The summed E-state index contributed by atoms with van der Waals surface area (Å²) in [4.78, 5) is 37.0. The summed E-state index contributed by atoms with van der Waals surface area (Å²) in [5.74, 6) is -1.32. The number of amides is 3. The van der Waals surface area contributed by atoms with Gasteiger partial charge in [-0.15, -0.1) is 0 Å². The van der Waals surface area contributed by atoms with Crippen LogP contribution in [-0.4, -0.2) is 29.9 Å². The minimum atomic E-state index is -0.545. The summed E-state index contributed by atoms with van der Waals surface area (Å²) in [6, 6.07) is 11.4. The number of carbonyl (C=O) groups is 3. The lowest BCUT2D eigenvalue weighted by molar-refractivity contribution is -0.123. The van der Waals surface area contributed by atoms with E-state index in [0.29, 0.717) is 16.7 Å². The Morgan fingerprint density at radius 3 is 2.38 bits per heavy atom. The van der Waals surface area contributed by atoms with E-state index in [9.17, 15) is 18.8 Å². The summed E-state index contributed by atoms with van der Waals surface area (Å²) in [5.41, 5.74) is 1.79. The van der Waals surface area contributed by atoms with Crippen molar-refractivity contribution in [2.45, 2.75) is 6.54 Å². The molecule has 1 heterocycles. The molecule has 2 aromatic rings. The van der Waals surface area contributed by atoms with Gasteiger partial charge in [0.05, 0.1) is 19.2 Å². The summed E-state index contributed by atoms with van der Waals surface area (Å²) in [6.45, 7) is 0.0452. The molecule has 0 aliphatic carbocycles. The molecule has 1 aliphatic heterocycles. The van der Waals surface area contributed by atoms with Crippen LogP contribution in [0.15, 0.2) is 54.2 Å². The average molecular weight is 354 g/mol. The standard InChI is InChI=1S/C19H15FN2O4/c1-26-18(24)14-6-2-12(3-7-14)10-16-17(23)22(19(25)21-16)11-13-4-8-15(20)9-5-13/h2-10H,11H2,1H3,(H,21,25)/b16-10-. The van der Waals surface area contributed by atoms with Crippen molar-refractivity contribution in [2.24, 2.45) is 0 Å². The number of benzene rings is 2. The van der Waals surface area contributed by atoms with Crippen molar-refractivity contribution in [3.63, 3.8) is 0 Å². The number of ether oxygens (including phenoxy) is 1. The molecule has 0 spiro atoms. The smallest absolute Gasteiger partial charge is 0.337 e. The van der Waals surface area contributed by atoms with Crippen LogP contribution in [0.3, 0.4) is 0 Å². The largest absolute Gasteiger partial charge is 0.465 e. The summed E-state index contributed by atoms with van der Waals surface area (Å²) >= 11 is 0. The van der Waals surface area contributed by atoms with Crippen LogP contribution in [0.5, 0.6) is 0 Å². The van der Waals surface area contributed by atoms with Crippen molar-refractivity contribution in [3.8, 4) is 0 Å². The maximum absolute atomic E-state index is 13.0. The van der Waals surface area contributed by atoms with E-state index in [2.05, 4.69) is 10.1 Å². The van der Waals surface area contributed by atoms with E-state index in [1.807, 2.05) is 0 Å². The number of imide groups is 1. The van der Waals surface area contributed by atoms with Gasteiger partial charge >= 0.3 is 12.0 Å². The highest BCUT2D eigenvalue weighted by Crippen LogP contribution is 2.17. The van der Waals surface area contributed by atoms with Gasteiger partial charge in [0.2, 0.25) is 0 Å². The second-order valence-corrected chi connectivity index (χ2v) is 5.62. The molecule has 26 heavy (non-hydrogen) atoms. The zero-order chi connectivity index (χ0) is 18.7. The number of urea groups is 1. The molecule has 7 heteroatoms. The fraction of sp³-hybridized carbons (Fsp3) is 0.105. The molecule has 3 rings (SSSR count). The Morgan fingerprint density at radius 1 is 1.12 bits per heavy atom. The highest BCUT2D eigenvalue weighted by Gasteiger charge is 2.33. The quantitative estimate of drug-likeness (QED) is 0.520. The van der Waals surface area contributed by atoms with Gasteiger partial charge in [0.15, 0.2) is 0 Å². The van der Waals surface area contributed by atoms with Gasteiger partial charge in [0.1, 0.15) is 11.5 Å².